The minimum Gasteiger partial charge on any atom is -0.353 e. The molecule has 0 radical (unpaired) electrons. The van der Waals surface area contributed by atoms with Crippen LogP contribution in [0.5, 0.6) is 0 Å². The first kappa shape index (κ1) is 16.8. The summed E-state index contributed by atoms with van der Waals surface area (Å²) >= 11 is 0. The minimum absolute atomic E-state index is 0.168. The van der Waals surface area contributed by atoms with Crippen molar-refractivity contribution in [1.29, 1.82) is 5.26 Å². The van der Waals surface area contributed by atoms with Gasteiger partial charge in [0, 0.05) is 23.5 Å². The first-order chi connectivity index (χ1) is 12.5. The molecule has 4 rings (SSSR count). The molecule has 1 aromatic carbocycles. The molecule has 26 heavy (non-hydrogen) atoms. The molecular weight excluding hydrogens is 343 g/mol. The predicted octanol–water partition coefficient (Wildman–Crippen LogP) is 4.77. The van der Waals surface area contributed by atoms with Gasteiger partial charge in [0.1, 0.15) is 11.8 Å². The Bertz CT molecular complexity index is 967. The highest BCUT2D eigenvalue weighted by molar-refractivity contribution is 7.19. The second-order valence-corrected chi connectivity index (χ2v) is 7.55. The number of rotatable bonds is 1. The van der Waals surface area contributed by atoms with Gasteiger partial charge in [0.15, 0.2) is 0 Å². The van der Waals surface area contributed by atoms with Crippen LogP contribution in [0.15, 0.2) is 59.0 Å². The maximum atomic E-state index is 11.1. The van der Waals surface area contributed by atoms with Gasteiger partial charge < -0.3 is 9.57 Å². The van der Waals surface area contributed by atoms with Gasteiger partial charge in [-0.05, 0) is 58.1 Å². The third-order valence-corrected chi connectivity index (χ3v) is 5.69. The van der Waals surface area contributed by atoms with Crippen LogP contribution in [-0.4, -0.2) is 17.5 Å². The van der Waals surface area contributed by atoms with Crippen LogP contribution in [0.3, 0.4) is 0 Å². The molecule has 0 fully saturated rings. The number of hydrogen-bond acceptors (Lipinski definition) is 5. The third-order valence-electron chi connectivity index (χ3n) is 5.20. The normalized spacial score (nSPS) is 21.3. The Morgan fingerprint density at radius 1 is 1.42 bits per heavy atom. The number of benzene rings is 1. The Morgan fingerprint density at radius 2 is 2.23 bits per heavy atom. The molecule has 2 atom stereocenters. The molecule has 0 amide bonds. The summed E-state index contributed by atoms with van der Waals surface area (Å²) in [5, 5.41) is 12.4. The molecule has 130 valence electrons. The smallest absolute Gasteiger partial charge is 0.127 e. The Balaban J connectivity index is 1.89. The van der Waals surface area contributed by atoms with E-state index in [4.69, 9.17) is 0 Å². The Labute approximate surface area is 155 Å². The van der Waals surface area contributed by atoms with Crippen molar-refractivity contribution in [2.45, 2.75) is 25.8 Å². The Hall–Kier alpha value is -2.70. The Morgan fingerprint density at radius 3 is 2.96 bits per heavy atom. The average molecular weight is 362 g/mol. The van der Waals surface area contributed by atoms with Gasteiger partial charge in [0.05, 0.1) is 17.3 Å². The summed E-state index contributed by atoms with van der Waals surface area (Å²) in [5.74, 6) is 0. The van der Waals surface area contributed by atoms with Gasteiger partial charge in [-0.15, -0.1) is 4.91 Å². The third kappa shape index (κ3) is 2.50. The summed E-state index contributed by atoms with van der Waals surface area (Å²) in [4.78, 5) is 13.4. The zero-order valence-electron chi connectivity index (χ0n) is 14.6. The largest absolute Gasteiger partial charge is 0.353 e. The number of hydrogen-bond donors (Lipinski definition) is 0. The lowest BCUT2D eigenvalue weighted by Gasteiger charge is -2.29. The van der Waals surface area contributed by atoms with Gasteiger partial charge in [-0.1, -0.05) is 24.3 Å². The summed E-state index contributed by atoms with van der Waals surface area (Å²) in [6, 6.07) is 5.74. The molecule has 6 heteroatoms. The minimum atomic E-state index is 0.168. The summed E-state index contributed by atoms with van der Waals surface area (Å²) in [7, 11) is 2.73. The fraction of sp³-hybridized carbons (Fsp3) is 0.250. The molecule has 1 unspecified atom stereocenters. The van der Waals surface area contributed by atoms with Crippen molar-refractivity contribution in [3.05, 3.63) is 69.8 Å². The summed E-state index contributed by atoms with van der Waals surface area (Å²) in [6.45, 7) is 7.27. The van der Waals surface area contributed by atoms with Crippen LogP contribution >= 0.6 is 9.39 Å². The lowest BCUT2D eigenvalue weighted by molar-refractivity contribution is 0.412. The van der Waals surface area contributed by atoms with Crippen molar-refractivity contribution in [2.75, 3.05) is 11.2 Å². The van der Waals surface area contributed by atoms with Crippen LogP contribution in [0.4, 0.5) is 11.4 Å². The average Bonchev–Trinajstić information content (AvgIpc) is 2.78. The van der Waals surface area contributed by atoms with E-state index in [2.05, 4.69) is 57.3 Å². The lowest BCUT2D eigenvalue weighted by atomic mass is 10.0. The van der Waals surface area contributed by atoms with Gasteiger partial charge in [-0.2, -0.15) is 5.26 Å². The van der Waals surface area contributed by atoms with E-state index in [0.717, 1.165) is 36.3 Å². The highest BCUT2D eigenvalue weighted by Crippen LogP contribution is 2.46. The number of anilines is 1. The van der Waals surface area contributed by atoms with Crippen LogP contribution in [0.25, 0.3) is 5.70 Å². The van der Waals surface area contributed by atoms with Gasteiger partial charge in [-0.25, -0.2) is 0 Å². The molecule has 1 aliphatic carbocycles. The number of nitrogens with zero attached hydrogens (tertiary/aromatic N) is 4. The monoisotopic (exact) mass is 362 g/mol. The van der Waals surface area contributed by atoms with E-state index in [-0.39, 0.29) is 17.3 Å². The molecule has 5 nitrogen and oxygen atoms in total. The molecule has 0 spiro atoms. The molecular formula is C20H19N4OP. The van der Waals surface area contributed by atoms with Crippen LogP contribution in [-0.2, 0) is 0 Å². The number of fused-ring (bicyclic) bond motifs is 3. The quantitative estimate of drug-likeness (QED) is 0.533. The molecule has 0 aromatic heterocycles. The topological polar surface area (TPSA) is 59.7 Å². The second-order valence-electron chi connectivity index (χ2n) is 6.92. The van der Waals surface area contributed by atoms with Crippen molar-refractivity contribution in [3.8, 4) is 6.07 Å². The Kier molecular flexibility index (Phi) is 4.01. The zero-order chi connectivity index (χ0) is 18.4. The maximum absolute atomic E-state index is 11.1. The maximum Gasteiger partial charge on any atom is 0.127 e. The highest BCUT2D eigenvalue weighted by Gasteiger charge is 2.37. The van der Waals surface area contributed by atoms with E-state index < -0.39 is 0 Å². The van der Waals surface area contributed by atoms with Crippen molar-refractivity contribution in [1.82, 2.24) is 4.90 Å². The van der Waals surface area contributed by atoms with Crippen LogP contribution in [0.2, 0.25) is 0 Å². The van der Waals surface area contributed by atoms with Crippen LogP contribution in [0.1, 0.15) is 30.9 Å². The van der Waals surface area contributed by atoms with Crippen LogP contribution in [0, 0.1) is 16.2 Å². The van der Waals surface area contributed by atoms with E-state index in [9.17, 15) is 10.2 Å². The number of allylic oxidation sites excluding steroid dienone is 4. The lowest BCUT2D eigenvalue weighted by Crippen LogP contribution is -2.33. The van der Waals surface area contributed by atoms with Gasteiger partial charge in [0.2, 0.25) is 0 Å². The van der Waals surface area contributed by atoms with Crippen LogP contribution < -0.4 is 4.67 Å². The van der Waals surface area contributed by atoms with Gasteiger partial charge >= 0.3 is 0 Å². The molecule has 0 bridgehead atoms. The predicted molar refractivity (Wildman–Crippen MR) is 107 cm³/mol. The van der Waals surface area contributed by atoms with Gasteiger partial charge in [-0.3, -0.25) is 0 Å². The van der Waals surface area contributed by atoms with E-state index in [1.165, 1.54) is 16.8 Å². The van der Waals surface area contributed by atoms with Crippen molar-refractivity contribution in [3.63, 3.8) is 0 Å². The molecule has 3 aliphatic rings. The first-order valence-corrected chi connectivity index (χ1v) is 9.04. The summed E-state index contributed by atoms with van der Waals surface area (Å²) in [5.41, 5.74) is 6.84. The van der Waals surface area contributed by atoms with Crippen molar-refractivity contribution < 1.29 is 0 Å². The molecule has 0 saturated heterocycles. The van der Waals surface area contributed by atoms with Crippen molar-refractivity contribution >= 4 is 26.5 Å². The highest BCUT2D eigenvalue weighted by atomic mass is 31.0. The van der Waals surface area contributed by atoms with E-state index in [1.54, 1.807) is 12.1 Å². The molecule has 2 aliphatic heterocycles. The fourth-order valence-electron chi connectivity index (χ4n) is 3.97. The fourth-order valence-corrected chi connectivity index (χ4v) is 4.43. The number of nitriles is 1. The van der Waals surface area contributed by atoms with Gasteiger partial charge in [0.25, 0.3) is 0 Å². The molecule has 2 heterocycles. The number of nitroso groups, excluding NO2 is 1. The molecule has 0 saturated carbocycles. The van der Waals surface area contributed by atoms with E-state index in [0.29, 0.717) is 0 Å². The second kappa shape index (κ2) is 6.23. The SMILES string of the molecule is C=C1c2cc(C#N)c(N=O)cc2N(P)C[C@@H]2CC3=C(C=C(C)CC=C3)N12. The van der Waals surface area contributed by atoms with E-state index >= 15 is 0 Å². The van der Waals surface area contributed by atoms with E-state index in [1.807, 2.05) is 4.67 Å². The standard InChI is InChI=1S/C20H19N4OP/c1-12-4-3-5-14-7-16-11-23(26)20-9-18(22-25)15(10-21)8-17(20)13(2)24(16)19(14)6-12/h3,5-6,8-9,16H,2,4,7,11,26H2,1H3/t16-/m0/s1. The first-order valence-electron chi connectivity index (χ1n) is 8.52. The van der Waals surface area contributed by atoms with Crippen molar-refractivity contribution in [2.24, 2.45) is 5.18 Å². The zero-order valence-corrected chi connectivity index (χ0v) is 15.7. The molecule has 0 N–H and O–H groups in total. The summed E-state index contributed by atoms with van der Waals surface area (Å²) < 4.78 is 2.05. The molecule has 1 aromatic rings. The summed E-state index contributed by atoms with van der Waals surface area (Å²) in [6.07, 6.45) is 8.57.